The third kappa shape index (κ3) is 0.549. The smallest absolute Gasteiger partial charge is 0.307 e. The van der Waals surface area contributed by atoms with Gasteiger partial charge in [-0.3, -0.25) is 9.59 Å². The lowest BCUT2D eigenvalue weighted by molar-refractivity contribution is -0.140. The fraction of sp³-hybridized carbons (Fsp3) is 0.714. The summed E-state index contributed by atoms with van der Waals surface area (Å²) in [6.45, 7) is 0. The number of Topliss-reactive ketones (excluding diaryl/α,β-unsaturated/α-hetero) is 1. The Labute approximate surface area is 58.0 Å². The highest BCUT2D eigenvalue weighted by atomic mass is 16.4. The average molecular weight is 140 g/mol. The summed E-state index contributed by atoms with van der Waals surface area (Å²) in [5.74, 6) is -0.843. The van der Waals surface area contributed by atoms with E-state index in [0.717, 1.165) is 6.42 Å². The van der Waals surface area contributed by atoms with Gasteiger partial charge in [0.25, 0.3) is 0 Å². The Balaban J connectivity index is 2.12. The topological polar surface area (TPSA) is 54.4 Å². The van der Waals surface area contributed by atoms with Crippen LogP contribution in [0.25, 0.3) is 0 Å². The molecule has 0 spiro atoms. The monoisotopic (exact) mass is 140 g/mol. The number of carboxylic acids is 1. The predicted molar refractivity (Wildman–Crippen MR) is 32.3 cm³/mol. The number of carbonyl (C=O) groups is 2. The number of hydrogen-bond acceptors (Lipinski definition) is 2. The van der Waals surface area contributed by atoms with Gasteiger partial charge in [0, 0.05) is 12.3 Å². The summed E-state index contributed by atoms with van der Waals surface area (Å²) in [7, 11) is 0. The van der Waals surface area contributed by atoms with E-state index in [2.05, 4.69) is 0 Å². The zero-order valence-electron chi connectivity index (χ0n) is 5.41. The Morgan fingerprint density at radius 3 is 2.60 bits per heavy atom. The number of aliphatic carboxylic acids is 1. The minimum absolute atomic E-state index is 0.0995. The molecule has 1 N–H and O–H groups in total. The van der Waals surface area contributed by atoms with Crippen molar-refractivity contribution in [2.45, 2.75) is 12.8 Å². The second-order valence-corrected chi connectivity index (χ2v) is 3.06. The maximum absolute atomic E-state index is 10.9. The van der Waals surface area contributed by atoms with Gasteiger partial charge in [-0.05, 0) is 12.3 Å². The van der Waals surface area contributed by atoms with Crippen LogP contribution in [0.2, 0.25) is 0 Å². The van der Waals surface area contributed by atoms with E-state index in [-0.39, 0.29) is 23.5 Å². The SMILES string of the molecule is O=C(O)C1C2CCC(=O)C21. The number of carbonyl (C=O) groups excluding carboxylic acids is 1. The van der Waals surface area contributed by atoms with Crippen LogP contribution in [-0.2, 0) is 9.59 Å². The maximum Gasteiger partial charge on any atom is 0.307 e. The number of carboxylic acid groups (broad SMARTS) is 1. The lowest BCUT2D eigenvalue weighted by atomic mass is 10.1. The molecule has 2 fully saturated rings. The Morgan fingerprint density at radius 2 is 2.30 bits per heavy atom. The van der Waals surface area contributed by atoms with Crippen molar-refractivity contribution in [3.05, 3.63) is 0 Å². The molecule has 3 atom stereocenters. The minimum Gasteiger partial charge on any atom is -0.481 e. The standard InChI is InChI=1S/C7H8O3/c8-4-2-1-3-5(4)6(3)7(9)10/h3,5-6H,1-2H2,(H,9,10). The van der Waals surface area contributed by atoms with Gasteiger partial charge in [0.1, 0.15) is 5.78 Å². The first-order valence-corrected chi connectivity index (χ1v) is 3.47. The molecule has 2 saturated carbocycles. The van der Waals surface area contributed by atoms with E-state index in [4.69, 9.17) is 5.11 Å². The van der Waals surface area contributed by atoms with Crippen molar-refractivity contribution < 1.29 is 14.7 Å². The van der Waals surface area contributed by atoms with Crippen molar-refractivity contribution in [3.8, 4) is 0 Å². The number of hydrogen-bond donors (Lipinski definition) is 1. The van der Waals surface area contributed by atoms with Gasteiger partial charge < -0.3 is 5.11 Å². The highest BCUT2D eigenvalue weighted by Gasteiger charge is 2.61. The van der Waals surface area contributed by atoms with Crippen molar-refractivity contribution in [2.24, 2.45) is 17.8 Å². The van der Waals surface area contributed by atoms with E-state index in [1.54, 1.807) is 0 Å². The van der Waals surface area contributed by atoms with Crippen LogP contribution in [0.5, 0.6) is 0 Å². The summed E-state index contributed by atoms with van der Waals surface area (Å²) < 4.78 is 0. The van der Waals surface area contributed by atoms with Gasteiger partial charge in [-0.2, -0.15) is 0 Å². The van der Waals surface area contributed by atoms with E-state index in [9.17, 15) is 9.59 Å². The van der Waals surface area contributed by atoms with Crippen molar-refractivity contribution >= 4 is 11.8 Å². The zero-order chi connectivity index (χ0) is 7.30. The van der Waals surface area contributed by atoms with E-state index in [0.29, 0.717) is 6.42 Å². The van der Waals surface area contributed by atoms with Crippen LogP contribution < -0.4 is 0 Å². The molecule has 0 aromatic carbocycles. The van der Waals surface area contributed by atoms with Crippen LogP contribution in [0, 0.1) is 17.8 Å². The number of rotatable bonds is 1. The fourth-order valence-corrected chi connectivity index (χ4v) is 1.98. The highest BCUT2D eigenvalue weighted by Crippen LogP contribution is 2.55. The molecule has 3 heteroatoms. The first kappa shape index (κ1) is 5.89. The summed E-state index contributed by atoms with van der Waals surface area (Å²) >= 11 is 0. The number of ketones is 1. The fourth-order valence-electron chi connectivity index (χ4n) is 1.98. The van der Waals surface area contributed by atoms with Gasteiger partial charge in [0.05, 0.1) is 5.92 Å². The predicted octanol–water partition coefficient (Wildman–Crippen LogP) is 0.296. The Hall–Kier alpha value is -0.860. The van der Waals surface area contributed by atoms with E-state index >= 15 is 0 Å². The van der Waals surface area contributed by atoms with Crippen LogP contribution >= 0.6 is 0 Å². The Morgan fingerprint density at radius 1 is 1.60 bits per heavy atom. The van der Waals surface area contributed by atoms with Crippen molar-refractivity contribution in [2.75, 3.05) is 0 Å². The second-order valence-electron chi connectivity index (χ2n) is 3.06. The van der Waals surface area contributed by atoms with Gasteiger partial charge in [0.2, 0.25) is 0 Å². The van der Waals surface area contributed by atoms with E-state index in [1.165, 1.54) is 0 Å². The third-order valence-corrected chi connectivity index (χ3v) is 2.55. The molecule has 3 unspecified atom stereocenters. The summed E-state index contributed by atoms with van der Waals surface area (Å²) in [6.07, 6.45) is 1.42. The molecule has 2 rings (SSSR count). The van der Waals surface area contributed by atoms with Gasteiger partial charge in [-0.25, -0.2) is 0 Å². The molecular weight excluding hydrogens is 132 g/mol. The average Bonchev–Trinajstić information content (AvgIpc) is 2.48. The molecule has 2 aliphatic rings. The van der Waals surface area contributed by atoms with Gasteiger partial charge >= 0.3 is 5.97 Å². The van der Waals surface area contributed by atoms with Gasteiger partial charge in [0.15, 0.2) is 0 Å². The molecule has 0 aromatic heterocycles. The minimum atomic E-state index is -0.789. The molecule has 0 aliphatic heterocycles. The molecule has 10 heavy (non-hydrogen) atoms. The van der Waals surface area contributed by atoms with Crippen molar-refractivity contribution in [3.63, 3.8) is 0 Å². The first-order valence-electron chi connectivity index (χ1n) is 3.47. The molecule has 0 radical (unpaired) electrons. The summed E-state index contributed by atoms with van der Waals surface area (Å²) in [5, 5.41) is 8.52. The lowest BCUT2D eigenvalue weighted by Gasteiger charge is -1.93. The number of fused-ring (bicyclic) bond motifs is 1. The normalized spacial score (nSPS) is 43.2. The third-order valence-electron chi connectivity index (χ3n) is 2.55. The largest absolute Gasteiger partial charge is 0.481 e. The quantitative estimate of drug-likeness (QED) is 0.569. The van der Waals surface area contributed by atoms with Crippen LogP contribution in [-0.4, -0.2) is 16.9 Å². The van der Waals surface area contributed by atoms with Crippen LogP contribution in [0.1, 0.15) is 12.8 Å². The van der Waals surface area contributed by atoms with Crippen molar-refractivity contribution in [1.29, 1.82) is 0 Å². The second kappa shape index (κ2) is 1.59. The summed E-state index contributed by atoms with van der Waals surface area (Å²) in [5.41, 5.74) is 0. The molecule has 2 aliphatic carbocycles. The molecule has 3 nitrogen and oxygen atoms in total. The highest BCUT2D eigenvalue weighted by molar-refractivity contribution is 5.94. The van der Waals surface area contributed by atoms with Gasteiger partial charge in [-0.1, -0.05) is 0 Å². The van der Waals surface area contributed by atoms with Crippen LogP contribution in [0.4, 0.5) is 0 Å². The molecule has 54 valence electrons. The van der Waals surface area contributed by atoms with Crippen LogP contribution in [0.3, 0.4) is 0 Å². The Kier molecular flexibility index (Phi) is 0.938. The van der Waals surface area contributed by atoms with Crippen LogP contribution in [0.15, 0.2) is 0 Å². The molecule has 0 saturated heterocycles. The molecule has 0 amide bonds. The molecule has 0 bridgehead atoms. The Bertz CT molecular complexity index is 205. The maximum atomic E-state index is 10.9. The van der Waals surface area contributed by atoms with E-state index in [1.807, 2.05) is 0 Å². The van der Waals surface area contributed by atoms with Gasteiger partial charge in [-0.15, -0.1) is 0 Å². The molecular formula is C7H8O3. The van der Waals surface area contributed by atoms with Crippen molar-refractivity contribution in [1.82, 2.24) is 0 Å². The summed E-state index contributed by atoms with van der Waals surface area (Å²) in [6, 6.07) is 0. The zero-order valence-corrected chi connectivity index (χ0v) is 5.41. The lowest BCUT2D eigenvalue weighted by Crippen LogP contribution is -2.07. The molecule has 0 aromatic rings. The summed E-state index contributed by atoms with van der Waals surface area (Å²) in [4.78, 5) is 21.2. The molecule has 0 heterocycles. The first-order chi connectivity index (χ1) is 4.72. The van der Waals surface area contributed by atoms with E-state index < -0.39 is 5.97 Å².